The number of aliphatic hydroxyl groups is 3. The van der Waals surface area contributed by atoms with Gasteiger partial charge in [0, 0.05) is 23.2 Å². The summed E-state index contributed by atoms with van der Waals surface area (Å²) in [4.78, 5) is 59.0. The number of fused-ring (bicyclic) bond motifs is 5. The summed E-state index contributed by atoms with van der Waals surface area (Å²) in [6, 6.07) is -1.55. The molecule has 49 heavy (non-hydrogen) atoms. The Morgan fingerprint density at radius 1 is 1.06 bits per heavy atom. The number of carbonyl (C=O) groups excluding carboxylic acids is 4. The number of Topliss-reactive ketones (excluding diaryl/α,β-unsaturated/α-hetero) is 1. The third kappa shape index (κ3) is 7.21. The molecular formula is C30H44FN3O15. The highest BCUT2D eigenvalue weighted by atomic mass is 19.1. The van der Waals surface area contributed by atoms with Crippen molar-refractivity contribution in [2.45, 2.75) is 94.4 Å². The summed E-state index contributed by atoms with van der Waals surface area (Å²) in [6.07, 6.45) is -0.696. The van der Waals surface area contributed by atoms with Crippen LogP contribution in [-0.4, -0.2) is 126 Å². The van der Waals surface area contributed by atoms with E-state index >= 15 is 4.39 Å². The van der Waals surface area contributed by atoms with Gasteiger partial charge in [-0.25, -0.2) is 14.1 Å². The second kappa shape index (κ2) is 14.8. The summed E-state index contributed by atoms with van der Waals surface area (Å²) >= 11 is 0. The van der Waals surface area contributed by atoms with Gasteiger partial charge in [-0.2, -0.15) is 0 Å². The van der Waals surface area contributed by atoms with Crippen molar-refractivity contribution in [2.75, 3.05) is 19.8 Å². The number of hydrogen-bond acceptors (Lipinski definition) is 18. The predicted molar refractivity (Wildman–Crippen MR) is 155 cm³/mol. The minimum Gasteiger partial charge on any atom is -0.463 e. The lowest BCUT2D eigenvalue weighted by atomic mass is 9.44. The van der Waals surface area contributed by atoms with Crippen LogP contribution in [0.2, 0.25) is 0 Å². The van der Waals surface area contributed by atoms with Crippen LogP contribution in [0.4, 0.5) is 4.39 Å². The van der Waals surface area contributed by atoms with Crippen molar-refractivity contribution < 1.29 is 78.9 Å². The van der Waals surface area contributed by atoms with E-state index in [2.05, 4.69) is 9.68 Å². The van der Waals surface area contributed by atoms with Crippen molar-refractivity contribution in [1.29, 1.82) is 0 Å². The number of esters is 2. The SMILES string of the molecule is C[C@]12C=CC(=O)C=C1CC[C@H]1[C@@H]3C[C@@H](O)[C@](O)(C(=O)COC(=O)C(N)COC(=O)CCCC(CON(O)O)ON(O)O)[C@@]3(C)C[C@H](O)[C@@]12F. The van der Waals surface area contributed by atoms with Crippen LogP contribution < -0.4 is 5.73 Å². The lowest BCUT2D eigenvalue weighted by molar-refractivity contribution is -0.527. The first-order chi connectivity index (χ1) is 22.8. The zero-order valence-electron chi connectivity index (χ0n) is 27.0. The molecule has 0 aromatic rings. The Labute approximate surface area is 279 Å². The van der Waals surface area contributed by atoms with Crippen molar-refractivity contribution in [3.05, 3.63) is 23.8 Å². The molecular weight excluding hydrogens is 661 g/mol. The standard InChI is InChI=1S/C30H44FN3O15/c1-27-9-8-17(35)10-16(27)6-7-19-20-11-22(36)30(41,28(20,2)12-23(37)29(19,27)31)24(38)15-47-26(40)21(32)14-46-25(39)5-3-4-18(49-34(44)45)13-48-33(42)43/h8-10,18-23,36-37,41-45H,3-7,11-15,32H2,1-2H3/t18?,19-,20-,21?,22+,23-,27-,28-,29-,30-/m0/s1. The second-order valence-electron chi connectivity index (χ2n) is 13.5. The number of nitrogens with zero attached hydrogens (tertiary/aromatic N) is 2. The first-order valence-corrected chi connectivity index (χ1v) is 15.8. The van der Waals surface area contributed by atoms with Gasteiger partial charge in [0.2, 0.25) is 5.78 Å². The fraction of sp³-hybridized carbons (Fsp3) is 0.733. The highest BCUT2D eigenvalue weighted by Crippen LogP contribution is 2.69. The zero-order valence-corrected chi connectivity index (χ0v) is 27.0. The molecule has 0 radical (unpaired) electrons. The van der Waals surface area contributed by atoms with E-state index in [1.54, 1.807) is 6.92 Å². The third-order valence-electron chi connectivity index (χ3n) is 10.9. The maximum atomic E-state index is 17.3. The molecule has 0 bridgehead atoms. The molecule has 4 aliphatic rings. The summed E-state index contributed by atoms with van der Waals surface area (Å²) in [5.74, 6) is -5.00. The summed E-state index contributed by atoms with van der Waals surface area (Å²) in [7, 11) is 0. The van der Waals surface area contributed by atoms with E-state index in [1.165, 1.54) is 25.2 Å². The van der Waals surface area contributed by atoms with Crippen molar-refractivity contribution in [3.8, 4) is 0 Å². The molecule has 0 saturated heterocycles. The van der Waals surface area contributed by atoms with E-state index in [0.717, 1.165) is 0 Å². The Morgan fingerprint density at radius 2 is 1.76 bits per heavy atom. The molecule has 0 amide bonds. The zero-order chi connectivity index (χ0) is 36.5. The number of nitrogens with two attached hydrogens (primary N) is 1. The molecule has 276 valence electrons. The van der Waals surface area contributed by atoms with Gasteiger partial charge in [0.1, 0.15) is 25.4 Å². The van der Waals surface area contributed by atoms with Crippen LogP contribution >= 0.6 is 0 Å². The van der Waals surface area contributed by atoms with Crippen LogP contribution in [0.3, 0.4) is 0 Å². The molecule has 4 rings (SSSR count). The molecule has 0 aliphatic heterocycles. The average Bonchev–Trinajstić information content (AvgIpc) is 3.23. The Morgan fingerprint density at radius 3 is 2.41 bits per heavy atom. The molecule has 0 spiro atoms. The van der Waals surface area contributed by atoms with Gasteiger partial charge in [-0.1, -0.05) is 18.6 Å². The average molecular weight is 706 g/mol. The van der Waals surface area contributed by atoms with Gasteiger partial charge >= 0.3 is 11.9 Å². The topological polar surface area (TPSA) is 279 Å². The first-order valence-electron chi connectivity index (χ1n) is 15.8. The van der Waals surface area contributed by atoms with Gasteiger partial charge < -0.3 is 30.5 Å². The lowest BCUT2D eigenvalue weighted by Gasteiger charge is -2.62. The summed E-state index contributed by atoms with van der Waals surface area (Å²) in [6.45, 7) is 0.876. The molecule has 3 fully saturated rings. The second-order valence-corrected chi connectivity index (χ2v) is 13.5. The Bertz CT molecular complexity index is 1350. The highest BCUT2D eigenvalue weighted by Gasteiger charge is 2.76. The number of hydrogen-bond donors (Lipinski definition) is 8. The van der Waals surface area contributed by atoms with Gasteiger partial charge in [0.15, 0.2) is 23.7 Å². The maximum Gasteiger partial charge on any atom is 0.326 e. The first kappa shape index (κ1) is 39.0. The molecule has 4 aliphatic carbocycles. The number of alkyl halides is 1. The summed E-state index contributed by atoms with van der Waals surface area (Å²) in [5.41, 5.74) is -1.31. The number of allylic oxidation sites excluding steroid dienone is 4. The number of halogens is 1. The number of rotatable bonds is 15. The van der Waals surface area contributed by atoms with E-state index in [9.17, 15) is 34.5 Å². The van der Waals surface area contributed by atoms with E-state index in [0.29, 0.717) is 12.0 Å². The van der Waals surface area contributed by atoms with Gasteiger partial charge in [0.25, 0.3) is 0 Å². The number of aliphatic hydroxyl groups excluding tert-OH is 2. The molecule has 18 nitrogen and oxygen atoms in total. The fourth-order valence-electron chi connectivity index (χ4n) is 8.33. The molecule has 3 saturated carbocycles. The molecule has 0 aromatic heterocycles. The number of carbonyl (C=O) groups is 4. The Balaban J connectivity index is 1.32. The van der Waals surface area contributed by atoms with Crippen LogP contribution in [0.25, 0.3) is 0 Å². The van der Waals surface area contributed by atoms with Crippen molar-refractivity contribution in [3.63, 3.8) is 0 Å². The minimum atomic E-state index is -2.52. The predicted octanol–water partition coefficient (Wildman–Crippen LogP) is -0.395. The van der Waals surface area contributed by atoms with E-state index in [4.69, 9.17) is 36.0 Å². The quantitative estimate of drug-likeness (QED) is 0.0795. The molecule has 0 heterocycles. The molecule has 9 N–H and O–H groups in total. The smallest absolute Gasteiger partial charge is 0.326 e. The van der Waals surface area contributed by atoms with E-state index in [-0.39, 0.29) is 37.9 Å². The van der Waals surface area contributed by atoms with Crippen LogP contribution in [0.1, 0.15) is 58.8 Å². The van der Waals surface area contributed by atoms with Crippen LogP contribution in [0, 0.1) is 22.7 Å². The normalized spacial score (nSPS) is 36.4. The maximum absolute atomic E-state index is 17.3. The largest absolute Gasteiger partial charge is 0.463 e. The third-order valence-corrected chi connectivity index (χ3v) is 10.9. The van der Waals surface area contributed by atoms with Crippen LogP contribution in [0.15, 0.2) is 23.8 Å². The van der Waals surface area contributed by atoms with E-state index in [1.807, 2.05) is 0 Å². The van der Waals surface area contributed by atoms with Crippen molar-refractivity contribution in [1.82, 2.24) is 10.8 Å². The Hall–Kier alpha value is -2.79. The lowest BCUT2D eigenvalue weighted by Crippen LogP contribution is -2.69. The van der Waals surface area contributed by atoms with Gasteiger partial charge in [-0.15, -0.1) is 0 Å². The van der Waals surface area contributed by atoms with Crippen LogP contribution in [-0.2, 0) is 38.3 Å². The number of ether oxygens (including phenoxy) is 2. The van der Waals surface area contributed by atoms with Gasteiger partial charge in [-0.05, 0) is 63.5 Å². The van der Waals surface area contributed by atoms with Crippen molar-refractivity contribution >= 4 is 23.5 Å². The fourth-order valence-corrected chi connectivity index (χ4v) is 8.33. The van der Waals surface area contributed by atoms with Gasteiger partial charge in [0.05, 0.1) is 23.0 Å². The van der Waals surface area contributed by atoms with Gasteiger partial charge in [-0.3, -0.25) is 40.0 Å². The van der Waals surface area contributed by atoms with Crippen LogP contribution in [0.5, 0.6) is 0 Å². The molecule has 10 atom stereocenters. The highest BCUT2D eigenvalue weighted by molar-refractivity contribution is 6.01. The molecule has 2 unspecified atom stereocenters. The number of ketones is 2. The summed E-state index contributed by atoms with van der Waals surface area (Å²) in [5, 5.41) is 67.8. The summed E-state index contributed by atoms with van der Waals surface area (Å²) < 4.78 is 27.2. The van der Waals surface area contributed by atoms with E-state index < -0.39 is 113 Å². The molecule has 19 heteroatoms. The minimum absolute atomic E-state index is 0.0268. The Kier molecular flexibility index (Phi) is 11.8. The monoisotopic (exact) mass is 705 g/mol. The van der Waals surface area contributed by atoms with Crippen molar-refractivity contribution in [2.24, 2.45) is 28.4 Å². The molecule has 0 aromatic carbocycles.